The molecule has 6 unspecified atom stereocenters. The summed E-state index contributed by atoms with van der Waals surface area (Å²) >= 11 is 4.85. The van der Waals surface area contributed by atoms with Crippen LogP contribution in [-0.2, 0) is 51.5 Å². The van der Waals surface area contributed by atoms with E-state index in [4.69, 9.17) is 37.1 Å². The third-order valence-electron chi connectivity index (χ3n) is 6.94. The highest BCUT2D eigenvalue weighted by Crippen LogP contribution is 2.33. The summed E-state index contributed by atoms with van der Waals surface area (Å²) < 4.78 is 38.0. The third-order valence-corrected chi connectivity index (χ3v) is 26.9. The van der Waals surface area contributed by atoms with Crippen LogP contribution in [0, 0.1) is 11.8 Å². The third kappa shape index (κ3) is 16.3. The van der Waals surface area contributed by atoms with E-state index < -0.39 is 79.8 Å². The fourth-order valence-corrected chi connectivity index (χ4v) is 27.6. The number of hydrogen-bond acceptors (Lipinski definition) is 11. The molecular formula is C32H54O10PS2Si5. The van der Waals surface area contributed by atoms with Gasteiger partial charge in [-0.15, -0.1) is 0 Å². The van der Waals surface area contributed by atoms with Gasteiger partial charge in [-0.2, -0.15) is 0 Å². The van der Waals surface area contributed by atoms with Crippen molar-refractivity contribution < 1.29 is 45.5 Å². The average Bonchev–Trinajstić information content (AvgIpc) is 2.97. The summed E-state index contributed by atoms with van der Waals surface area (Å²) in [5, 5.41) is 10.3. The summed E-state index contributed by atoms with van der Waals surface area (Å²) in [5.74, 6) is -1.56. The number of carbonyl (C=O) groups excluding carboxylic acids is 2. The molecule has 10 nitrogen and oxygen atoms in total. The van der Waals surface area contributed by atoms with E-state index in [1.807, 2.05) is 43.9 Å². The zero-order valence-corrected chi connectivity index (χ0v) is 38.9. The first kappa shape index (κ1) is 45.1. The summed E-state index contributed by atoms with van der Waals surface area (Å²) in [5.41, 5.74) is 1.85. The maximum Gasteiger partial charge on any atom is 0.360 e. The number of benzene rings is 2. The molecule has 0 fully saturated rings. The lowest BCUT2D eigenvalue weighted by molar-refractivity contribution is -0.150. The van der Waals surface area contributed by atoms with Gasteiger partial charge < -0.3 is 35.9 Å². The lowest BCUT2D eigenvalue weighted by Crippen LogP contribution is -2.59. The van der Waals surface area contributed by atoms with Gasteiger partial charge in [0.05, 0.1) is 17.9 Å². The lowest BCUT2D eigenvalue weighted by Gasteiger charge is -2.42. The second kappa shape index (κ2) is 19.3. The van der Waals surface area contributed by atoms with E-state index in [0.717, 1.165) is 20.6 Å². The minimum atomic E-state index is -3.22. The first-order valence-corrected chi connectivity index (χ1v) is 33.9. The molecule has 0 bridgehead atoms. The molecular weight excluding hydrogens is 780 g/mol. The predicted molar refractivity (Wildman–Crippen MR) is 215 cm³/mol. The molecule has 0 heterocycles. The molecule has 0 aliphatic heterocycles. The van der Waals surface area contributed by atoms with Gasteiger partial charge in [0.25, 0.3) is 0 Å². The highest BCUT2D eigenvalue weighted by atomic mass is 32.9. The Morgan fingerprint density at radius 3 is 1.78 bits per heavy atom. The largest absolute Gasteiger partial charge is 0.615 e. The average molecular weight is 834 g/mol. The Morgan fingerprint density at radius 1 is 0.800 bits per heavy atom. The van der Waals surface area contributed by atoms with E-state index in [9.17, 15) is 19.6 Å². The number of esters is 2. The first-order chi connectivity index (χ1) is 22.9. The first-order valence-electron chi connectivity index (χ1n) is 16.6. The Balaban J connectivity index is 2.31. The molecule has 50 heavy (non-hydrogen) atoms. The number of aliphatic hydroxyl groups excluding tert-OH is 1. The summed E-state index contributed by atoms with van der Waals surface area (Å²) in [6.07, 6.45) is -0.766. The van der Waals surface area contributed by atoms with Crippen molar-refractivity contribution in [3.63, 3.8) is 0 Å². The van der Waals surface area contributed by atoms with Crippen LogP contribution in [0.3, 0.4) is 0 Å². The monoisotopic (exact) mass is 833 g/mol. The highest BCUT2D eigenvalue weighted by molar-refractivity contribution is 8.35. The molecule has 0 saturated carbocycles. The van der Waals surface area contributed by atoms with Gasteiger partial charge in [-0.25, -0.2) is 0 Å². The molecule has 18 heteroatoms. The van der Waals surface area contributed by atoms with E-state index in [2.05, 4.69) is 39.3 Å². The number of hydrogen-bond donors (Lipinski definition) is 1. The Labute approximate surface area is 313 Å². The minimum Gasteiger partial charge on any atom is -0.615 e. The van der Waals surface area contributed by atoms with Gasteiger partial charge in [0.15, 0.2) is 28.9 Å². The van der Waals surface area contributed by atoms with Gasteiger partial charge in [0, 0.05) is 23.3 Å². The SMILES string of the molecule is CC(O)COC(=O)C(C)C[Si](C)(O[Si](C)(C)C)O[Si](C)(CC(C)C(=O)Oc1ccc(-c2ccc([P+]([O-])=S=S)cc2)cc1)O[Si](C)O[Si](C)(C)C. The zero-order valence-electron chi connectivity index (χ0n) is 31.4. The second-order valence-electron chi connectivity index (χ2n) is 14.9. The van der Waals surface area contributed by atoms with Crippen molar-refractivity contribution in [3.8, 4) is 16.9 Å². The summed E-state index contributed by atoms with van der Waals surface area (Å²) in [4.78, 5) is 38.4. The van der Waals surface area contributed by atoms with Crippen LogP contribution in [0.25, 0.3) is 11.1 Å². The summed E-state index contributed by atoms with van der Waals surface area (Å²) in [6.45, 7) is 21.8. The molecule has 2 aromatic carbocycles. The zero-order chi connectivity index (χ0) is 38.1. The molecule has 0 spiro atoms. The van der Waals surface area contributed by atoms with Crippen molar-refractivity contribution in [2.24, 2.45) is 11.8 Å². The molecule has 0 aliphatic carbocycles. The fraction of sp³-hybridized carbons (Fsp3) is 0.562. The molecule has 6 atom stereocenters. The molecule has 0 saturated heterocycles. The molecule has 0 aliphatic rings. The second-order valence-corrected chi connectivity index (χ2v) is 36.9. The van der Waals surface area contributed by atoms with Crippen molar-refractivity contribution in [2.75, 3.05) is 6.61 Å². The molecule has 279 valence electrons. The van der Waals surface area contributed by atoms with E-state index in [0.29, 0.717) is 17.1 Å². The van der Waals surface area contributed by atoms with E-state index in [-0.39, 0.29) is 12.7 Å². The number of ether oxygens (including phenoxy) is 2. The molecule has 1 N–H and O–H groups in total. The van der Waals surface area contributed by atoms with Crippen LogP contribution >= 0.6 is 6.92 Å². The minimum absolute atomic E-state index is 0.0868. The summed E-state index contributed by atoms with van der Waals surface area (Å²) in [6, 6.07) is 15.2. The van der Waals surface area contributed by atoms with Crippen LogP contribution in [0.1, 0.15) is 20.8 Å². The van der Waals surface area contributed by atoms with Gasteiger partial charge in [0.1, 0.15) is 21.9 Å². The molecule has 0 amide bonds. The Bertz CT molecular complexity index is 1480. The summed E-state index contributed by atoms with van der Waals surface area (Å²) in [7, 11) is -11.3. The van der Waals surface area contributed by atoms with Gasteiger partial charge in [-0.3, -0.25) is 9.59 Å². The number of rotatable bonds is 19. The van der Waals surface area contributed by atoms with Crippen LogP contribution in [-0.4, -0.2) is 72.8 Å². The van der Waals surface area contributed by atoms with Crippen LogP contribution in [0.5, 0.6) is 5.75 Å². The number of aliphatic hydroxyl groups is 1. The molecule has 0 aromatic heterocycles. The maximum absolute atomic E-state index is 13.5. The van der Waals surface area contributed by atoms with Crippen LogP contribution in [0.2, 0.25) is 71.0 Å². The normalized spacial score (nSPS) is 16.8. The standard InChI is InChI=1S/C32H54O10PS2Si5/c1-24(31(34)37-21-26(3)33)23-50(12,41-48(8,9)10)42-49(11,40-46(4)39-47(5,6)7)22-25(2)32(35)38-29-17-13-27(14-18-29)28-15-19-30(20-16-28)43(36)45-44/h13-20,24-26,33H,21-23H2,1-12H3. The van der Waals surface area contributed by atoms with Gasteiger partial charge in [-0.05, 0) is 113 Å². The van der Waals surface area contributed by atoms with Crippen molar-refractivity contribution in [1.29, 1.82) is 0 Å². The van der Waals surface area contributed by atoms with E-state index >= 15 is 0 Å². The quantitative estimate of drug-likeness (QED) is 0.0741. The maximum atomic E-state index is 13.5. The Kier molecular flexibility index (Phi) is 17.5. The van der Waals surface area contributed by atoms with Crippen molar-refractivity contribution in [2.45, 2.75) is 97.9 Å². The van der Waals surface area contributed by atoms with E-state index in [1.165, 1.54) is 0 Å². The predicted octanol–water partition coefficient (Wildman–Crippen LogP) is 6.30. The van der Waals surface area contributed by atoms with Crippen LogP contribution in [0.15, 0.2) is 48.5 Å². The van der Waals surface area contributed by atoms with E-state index in [1.54, 1.807) is 45.0 Å². The lowest BCUT2D eigenvalue weighted by atomic mass is 10.1. The Morgan fingerprint density at radius 2 is 1.30 bits per heavy atom. The molecule has 1 radical (unpaired) electrons. The van der Waals surface area contributed by atoms with Crippen LogP contribution in [0.4, 0.5) is 0 Å². The van der Waals surface area contributed by atoms with Gasteiger partial charge >= 0.3 is 38.3 Å². The fourth-order valence-electron chi connectivity index (χ4n) is 5.44. The highest BCUT2D eigenvalue weighted by Gasteiger charge is 2.49. The van der Waals surface area contributed by atoms with Crippen molar-refractivity contribution >= 4 is 87.9 Å². The van der Waals surface area contributed by atoms with Crippen molar-refractivity contribution in [1.82, 2.24) is 0 Å². The van der Waals surface area contributed by atoms with Crippen LogP contribution < -0.4 is 14.9 Å². The van der Waals surface area contributed by atoms with Crippen molar-refractivity contribution in [3.05, 3.63) is 48.5 Å². The molecule has 2 rings (SSSR count). The van der Waals surface area contributed by atoms with Gasteiger partial charge in [0.2, 0.25) is 0 Å². The Hall–Kier alpha value is -1.04. The smallest absolute Gasteiger partial charge is 0.360 e. The number of carbonyl (C=O) groups is 2. The molecule has 2 aromatic rings. The topological polar surface area (TPSA) is 133 Å². The van der Waals surface area contributed by atoms with Gasteiger partial charge in [-0.1, -0.05) is 26.0 Å².